The van der Waals surface area contributed by atoms with E-state index in [1.165, 1.54) is 12.0 Å². The van der Waals surface area contributed by atoms with Crippen LogP contribution in [0.1, 0.15) is 34.6 Å². The molecule has 7 nitrogen and oxygen atoms in total. The summed E-state index contributed by atoms with van der Waals surface area (Å²) in [6.45, 7) is 8.78. The number of ether oxygens (including phenoxy) is 1. The maximum Gasteiger partial charge on any atom is 0.305 e. The van der Waals surface area contributed by atoms with Gasteiger partial charge in [-0.05, 0) is 50.6 Å². The van der Waals surface area contributed by atoms with Crippen LogP contribution < -0.4 is 9.80 Å². The largest absolute Gasteiger partial charge is 0.508 e. The smallest absolute Gasteiger partial charge is 0.305 e. The SMILES string of the molecule is COC(=O)CCCn1c(C)cc(C(=O)C[NH+]2CCN(c3ccc(O)cc3)CC2)c1C. The van der Waals surface area contributed by atoms with Gasteiger partial charge >= 0.3 is 5.97 Å². The van der Waals surface area contributed by atoms with Gasteiger partial charge in [0.2, 0.25) is 5.78 Å². The number of aromatic nitrogens is 1. The Morgan fingerprint density at radius 1 is 1.13 bits per heavy atom. The second kappa shape index (κ2) is 9.80. The summed E-state index contributed by atoms with van der Waals surface area (Å²) in [5.74, 6) is 0.246. The highest BCUT2D eigenvalue weighted by atomic mass is 16.5. The number of ketones is 1. The predicted molar refractivity (Wildman–Crippen MR) is 115 cm³/mol. The molecule has 0 radical (unpaired) electrons. The Bertz CT molecular complexity index is 881. The van der Waals surface area contributed by atoms with Crippen LogP contribution in [0.15, 0.2) is 30.3 Å². The lowest BCUT2D eigenvalue weighted by atomic mass is 10.1. The first-order valence-corrected chi connectivity index (χ1v) is 10.5. The first kappa shape index (κ1) is 21.9. The summed E-state index contributed by atoms with van der Waals surface area (Å²) in [4.78, 5) is 27.9. The molecule has 1 aliphatic rings. The van der Waals surface area contributed by atoms with Crippen LogP contribution in [-0.2, 0) is 16.1 Å². The minimum Gasteiger partial charge on any atom is -0.508 e. The van der Waals surface area contributed by atoms with Crippen molar-refractivity contribution in [1.29, 1.82) is 0 Å². The van der Waals surface area contributed by atoms with Crippen molar-refractivity contribution in [2.24, 2.45) is 0 Å². The van der Waals surface area contributed by atoms with Crippen molar-refractivity contribution in [1.82, 2.24) is 4.57 Å². The molecule has 1 saturated heterocycles. The molecule has 0 spiro atoms. The molecule has 2 aromatic rings. The van der Waals surface area contributed by atoms with Crippen LogP contribution in [0.25, 0.3) is 0 Å². The van der Waals surface area contributed by atoms with Gasteiger partial charge in [0.15, 0.2) is 0 Å². The topological polar surface area (TPSA) is 76.2 Å². The number of benzene rings is 1. The fourth-order valence-corrected chi connectivity index (χ4v) is 4.15. The van der Waals surface area contributed by atoms with E-state index in [2.05, 4.69) is 9.47 Å². The van der Waals surface area contributed by atoms with Crippen molar-refractivity contribution in [2.45, 2.75) is 33.2 Å². The van der Waals surface area contributed by atoms with Gasteiger partial charge < -0.3 is 24.2 Å². The van der Waals surface area contributed by atoms with Crippen molar-refractivity contribution < 1.29 is 24.3 Å². The number of nitrogens with one attached hydrogen (secondary N) is 1. The summed E-state index contributed by atoms with van der Waals surface area (Å²) in [6.07, 6.45) is 1.08. The quantitative estimate of drug-likeness (QED) is 0.504. The molecule has 0 saturated carbocycles. The summed E-state index contributed by atoms with van der Waals surface area (Å²) in [5.41, 5.74) is 3.92. The zero-order valence-corrected chi connectivity index (χ0v) is 18.1. The monoisotopic (exact) mass is 414 g/mol. The predicted octanol–water partition coefficient (Wildman–Crippen LogP) is 1.35. The number of aromatic hydroxyl groups is 1. The molecule has 2 N–H and O–H groups in total. The molecule has 0 aliphatic carbocycles. The Kier molecular flexibility index (Phi) is 7.15. The van der Waals surface area contributed by atoms with Gasteiger partial charge in [-0.2, -0.15) is 0 Å². The molecular formula is C23H32N3O4+. The van der Waals surface area contributed by atoms with E-state index < -0.39 is 0 Å². The number of anilines is 1. The number of aryl methyl sites for hydroxylation is 1. The van der Waals surface area contributed by atoms with Crippen molar-refractivity contribution in [3.05, 3.63) is 47.3 Å². The van der Waals surface area contributed by atoms with Gasteiger partial charge in [0.25, 0.3) is 0 Å². The molecule has 0 unspecified atom stereocenters. The van der Waals surface area contributed by atoms with Crippen LogP contribution >= 0.6 is 0 Å². The van der Waals surface area contributed by atoms with Crippen molar-refractivity contribution in [3.63, 3.8) is 0 Å². The van der Waals surface area contributed by atoms with Crippen LogP contribution in [0.3, 0.4) is 0 Å². The standard InChI is InChI=1S/C23H31N3O4/c1-17-15-21(18(2)26(17)10-4-5-23(29)30-3)22(28)16-24-11-13-25(14-12-24)19-6-8-20(27)9-7-19/h6-9,15,27H,4-5,10-14,16H2,1-3H3/p+1. The van der Waals surface area contributed by atoms with Crippen molar-refractivity contribution in [2.75, 3.05) is 44.7 Å². The van der Waals surface area contributed by atoms with Crippen molar-refractivity contribution in [3.8, 4) is 5.75 Å². The number of hydrogen-bond donors (Lipinski definition) is 2. The first-order valence-electron chi connectivity index (χ1n) is 10.5. The van der Waals surface area contributed by atoms with Gasteiger partial charge in [-0.3, -0.25) is 9.59 Å². The highest BCUT2D eigenvalue weighted by Gasteiger charge is 2.25. The lowest BCUT2D eigenvalue weighted by Crippen LogP contribution is -3.15. The highest BCUT2D eigenvalue weighted by molar-refractivity contribution is 5.98. The molecule has 162 valence electrons. The summed E-state index contributed by atoms with van der Waals surface area (Å²) in [6, 6.07) is 9.25. The number of Topliss-reactive ketones (excluding diaryl/α,β-unsaturated/α-hetero) is 1. The molecule has 7 heteroatoms. The van der Waals surface area contributed by atoms with E-state index in [4.69, 9.17) is 4.74 Å². The highest BCUT2D eigenvalue weighted by Crippen LogP contribution is 2.19. The van der Waals surface area contributed by atoms with E-state index in [1.54, 1.807) is 12.1 Å². The lowest BCUT2D eigenvalue weighted by Gasteiger charge is -2.33. The molecule has 1 fully saturated rings. The van der Waals surface area contributed by atoms with Gasteiger partial charge in [-0.1, -0.05) is 0 Å². The van der Waals surface area contributed by atoms with E-state index in [-0.39, 0.29) is 17.5 Å². The number of phenolic OH excluding ortho intramolecular Hbond substituents is 1. The number of nitrogens with zero attached hydrogens (tertiary/aromatic N) is 2. The average molecular weight is 415 g/mol. The maximum atomic E-state index is 13.0. The summed E-state index contributed by atoms with van der Waals surface area (Å²) in [7, 11) is 1.40. The van der Waals surface area contributed by atoms with E-state index >= 15 is 0 Å². The van der Waals surface area contributed by atoms with Gasteiger partial charge in [0, 0.05) is 35.6 Å². The first-order chi connectivity index (χ1) is 14.4. The Morgan fingerprint density at radius 3 is 2.43 bits per heavy atom. The van der Waals surface area contributed by atoms with E-state index in [9.17, 15) is 14.7 Å². The normalized spacial score (nSPS) is 14.7. The Labute approximate surface area is 177 Å². The Morgan fingerprint density at radius 2 is 1.80 bits per heavy atom. The third-order valence-electron chi connectivity index (χ3n) is 5.96. The average Bonchev–Trinajstić information content (AvgIpc) is 3.03. The molecule has 0 bridgehead atoms. The van der Waals surface area contributed by atoms with E-state index in [0.29, 0.717) is 25.9 Å². The van der Waals surface area contributed by atoms with Gasteiger partial charge in [-0.15, -0.1) is 0 Å². The van der Waals surface area contributed by atoms with Gasteiger partial charge in [-0.25, -0.2) is 0 Å². The van der Waals surface area contributed by atoms with Crippen LogP contribution in [0, 0.1) is 13.8 Å². The van der Waals surface area contributed by atoms with Crippen LogP contribution in [-0.4, -0.2) is 61.3 Å². The van der Waals surface area contributed by atoms with Crippen LogP contribution in [0.5, 0.6) is 5.75 Å². The third-order valence-corrected chi connectivity index (χ3v) is 5.96. The molecule has 30 heavy (non-hydrogen) atoms. The third kappa shape index (κ3) is 5.21. The number of methoxy groups -OCH3 is 1. The van der Waals surface area contributed by atoms with Gasteiger partial charge in [0.1, 0.15) is 12.3 Å². The molecule has 0 atom stereocenters. The molecule has 0 amide bonds. The maximum absolute atomic E-state index is 13.0. The number of phenols is 1. The summed E-state index contributed by atoms with van der Waals surface area (Å²) < 4.78 is 6.82. The lowest BCUT2D eigenvalue weighted by molar-refractivity contribution is -0.892. The number of carbonyl (C=O) groups excluding carboxylic acids is 2. The van der Waals surface area contributed by atoms with E-state index in [0.717, 1.165) is 48.8 Å². The summed E-state index contributed by atoms with van der Waals surface area (Å²) >= 11 is 0. The second-order valence-electron chi connectivity index (χ2n) is 7.97. The zero-order valence-electron chi connectivity index (χ0n) is 18.1. The van der Waals surface area contributed by atoms with Gasteiger partial charge in [0.05, 0.1) is 33.3 Å². The minimum atomic E-state index is -0.205. The number of piperazine rings is 1. The number of carbonyl (C=O) groups is 2. The molecule has 1 aromatic heterocycles. The molecule has 1 aliphatic heterocycles. The minimum absolute atomic E-state index is 0.176. The number of esters is 1. The number of rotatable bonds is 8. The number of quaternary nitrogens is 1. The second-order valence-corrected chi connectivity index (χ2v) is 7.97. The van der Waals surface area contributed by atoms with E-state index in [1.807, 2.05) is 32.0 Å². The Balaban J connectivity index is 1.54. The summed E-state index contributed by atoms with van der Waals surface area (Å²) in [5, 5.41) is 9.45. The fourth-order valence-electron chi connectivity index (χ4n) is 4.15. The van der Waals surface area contributed by atoms with Crippen LogP contribution in [0.4, 0.5) is 5.69 Å². The van der Waals surface area contributed by atoms with Crippen LogP contribution in [0.2, 0.25) is 0 Å². The molecule has 2 heterocycles. The van der Waals surface area contributed by atoms with Crippen molar-refractivity contribution >= 4 is 17.4 Å². The number of hydrogen-bond acceptors (Lipinski definition) is 5. The zero-order chi connectivity index (χ0) is 21.7. The fraction of sp³-hybridized carbons (Fsp3) is 0.478. The molecule has 1 aromatic carbocycles. The molecular weight excluding hydrogens is 382 g/mol. The molecule has 3 rings (SSSR count). The Hall–Kier alpha value is -2.80.